The molecule has 1 aliphatic heterocycles. The van der Waals surface area contributed by atoms with Gasteiger partial charge in [0, 0.05) is 36.5 Å². The molecule has 2 aromatic rings. The third-order valence-corrected chi connectivity index (χ3v) is 6.24. The number of piperidine rings is 1. The number of carbonyl (C=O) groups excluding carboxylic acids is 1. The molecule has 1 saturated heterocycles. The second-order valence-electron chi connectivity index (χ2n) is 9.11. The van der Waals surface area contributed by atoms with E-state index in [0.717, 1.165) is 61.7 Å². The SMILES string of the molecule is CNC(=O)c1ccc(N2CCC3(CCc4c3nc(C(C)(C)C)[nH]c4=O)CC2)nn1. The summed E-state index contributed by atoms with van der Waals surface area (Å²) < 4.78 is 0. The van der Waals surface area contributed by atoms with Crippen molar-refractivity contribution < 1.29 is 4.79 Å². The minimum absolute atomic E-state index is 0.0230. The first-order valence-electron chi connectivity index (χ1n) is 10.2. The summed E-state index contributed by atoms with van der Waals surface area (Å²) in [5.74, 6) is 1.30. The Kier molecular flexibility index (Phi) is 4.67. The normalized spacial score (nSPS) is 18.0. The molecule has 0 bridgehead atoms. The first-order valence-corrected chi connectivity index (χ1v) is 10.2. The zero-order valence-electron chi connectivity index (χ0n) is 17.5. The van der Waals surface area contributed by atoms with Gasteiger partial charge in [0.25, 0.3) is 11.5 Å². The number of aromatic nitrogens is 4. The summed E-state index contributed by atoms with van der Waals surface area (Å²) in [6, 6.07) is 3.55. The number of hydrogen-bond acceptors (Lipinski definition) is 6. The molecule has 0 unspecified atom stereocenters. The van der Waals surface area contributed by atoms with E-state index in [1.165, 1.54) is 0 Å². The standard InChI is InChI=1S/C21H28N6O2/c1-20(2,3)19-23-16-13(17(28)24-19)7-8-21(16)9-11-27(12-10-21)15-6-5-14(25-26-15)18(29)22-4/h5-6H,7-12H2,1-4H3,(H,22,29)(H,23,24,28). The van der Waals surface area contributed by atoms with E-state index in [9.17, 15) is 9.59 Å². The largest absolute Gasteiger partial charge is 0.355 e. The van der Waals surface area contributed by atoms with Crippen molar-refractivity contribution in [2.45, 2.75) is 57.3 Å². The molecular weight excluding hydrogens is 368 g/mol. The highest BCUT2D eigenvalue weighted by molar-refractivity contribution is 5.91. The number of anilines is 1. The summed E-state index contributed by atoms with van der Waals surface area (Å²) in [4.78, 5) is 34.4. The first-order chi connectivity index (χ1) is 13.7. The lowest BCUT2D eigenvalue weighted by molar-refractivity contribution is 0.0957. The molecule has 0 atom stereocenters. The zero-order valence-corrected chi connectivity index (χ0v) is 17.5. The molecule has 154 valence electrons. The summed E-state index contributed by atoms with van der Waals surface area (Å²) in [5.41, 5.74) is 1.98. The van der Waals surface area contributed by atoms with Gasteiger partial charge >= 0.3 is 0 Å². The van der Waals surface area contributed by atoms with Crippen LogP contribution in [0.5, 0.6) is 0 Å². The van der Waals surface area contributed by atoms with Crippen molar-refractivity contribution in [2.75, 3.05) is 25.0 Å². The Morgan fingerprint density at radius 3 is 2.48 bits per heavy atom. The van der Waals surface area contributed by atoms with E-state index < -0.39 is 0 Å². The third-order valence-electron chi connectivity index (χ3n) is 6.24. The minimum Gasteiger partial charge on any atom is -0.355 e. The molecule has 2 aliphatic rings. The number of rotatable bonds is 2. The van der Waals surface area contributed by atoms with Gasteiger partial charge in [-0.3, -0.25) is 9.59 Å². The lowest BCUT2D eigenvalue weighted by Gasteiger charge is -2.40. The fraction of sp³-hybridized carbons (Fsp3) is 0.571. The van der Waals surface area contributed by atoms with E-state index in [1.54, 1.807) is 13.1 Å². The number of carbonyl (C=O) groups is 1. The molecule has 0 aromatic carbocycles. The quantitative estimate of drug-likeness (QED) is 0.801. The lowest BCUT2D eigenvalue weighted by Crippen LogP contribution is -2.43. The molecule has 1 spiro atoms. The van der Waals surface area contributed by atoms with Gasteiger partial charge in [-0.1, -0.05) is 20.8 Å². The van der Waals surface area contributed by atoms with Gasteiger partial charge in [0.15, 0.2) is 11.5 Å². The first kappa shape index (κ1) is 19.5. The average Bonchev–Trinajstić information content (AvgIpc) is 3.06. The fourth-order valence-electron chi connectivity index (χ4n) is 4.40. The number of hydrogen-bond donors (Lipinski definition) is 2. The predicted molar refractivity (Wildman–Crippen MR) is 110 cm³/mol. The molecule has 2 aromatic heterocycles. The highest BCUT2D eigenvalue weighted by atomic mass is 16.1. The van der Waals surface area contributed by atoms with Crippen molar-refractivity contribution in [3.63, 3.8) is 0 Å². The molecule has 1 amide bonds. The van der Waals surface area contributed by atoms with Crippen molar-refractivity contribution in [3.8, 4) is 0 Å². The second-order valence-corrected chi connectivity index (χ2v) is 9.11. The maximum Gasteiger partial charge on any atom is 0.271 e. The molecule has 4 rings (SSSR count). The molecule has 8 heteroatoms. The molecule has 1 fully saturated rings. The highest BCUT2D eigenvalue weighted by Crippen LogP contribution is 2.45. The fourth-order valence-corrected chi connectivity index (χ4v) is 4.40. The number of amides is 1. The Morgan fingerprint density at radius 2 is 1.90 bits per heavy atom. The van der Waals surface area contributed by atoms with Crippen LogP contribution in [0.15, 0.2) is 16.9 Å². The number of fused-ring (bicyclic) bond motifs is 2. The summed E-state index contributed by atoms with van der Waals surface area (Å²) in [7, 11) is 1.58. The van der Waals surface area contributed by atoms with Gasteiger partial charge in [0.05, 0.1) is 5.69 Å². The third kappa shape index (κ3) is 3.41. The Hall–Kier alpha value is -2.77. The summed E-state index contributed by atoms with van der Waals surface area (Å²) >= 11 is 0. The number of H-pyrrole nitrogens is 1. The summed E-state index contributed by atoms with van der Waals surface area (Å²) in [5, 5.41) is 10.8. The predicted octanol–water partition coefficient (Wildman–Crippen LogP) is 1.70. The van der Waals surface area contributed by atoms with Crippen LogP contribution in [0.3, 0.4) is 0 Å². The van der Waals surface area contributed by atoms with Crippen LogP contribution in [0, 0.1) is 0 Å². The van der Waals surface area contributed by atoms with Crippen LogP contribution < -0.4 is 15.8 Å². The highest BCUT2D eigenvalue weighted by Gasteiger charge is 2.44. The van der Waals surface area contributed by atoms with Gasteiger partial charge in [-0.25, -0.2) is 4.98 Å². The van der Waals surface area contributed by atoms with E-state index in [2.05, 4.69) is 46.2 Å². The van der Waals surface area contributed by atoms with Crippen LogP contribution in [-0.4, -0.2) is 46.2 Å². The van der Waals surface area contributed by atoms with Crippen molar-refractivity contribution >= 4 is 11.7 Å². The van der Waals surface area contributed by atoms with Crippen molar-refractivity contribution in [1.29, 1.82) is 0 Å². The topological polar surface area (TPSA) is 104 Å². The van der Waals surface area contributed by atoms with Crippen molar-refractivity contribution in [2.24, 2.45) is 0 Å². The van der Waals surface area contributed by atoms with Crippen LogP contribution in [0.1, 0.15) is 67.6 Å². The van der Waals surface area contributed by atoms with E-state index >= 15 is 0 Å². The number of aromatic amines is 1. The van der Waals surface area contributed by atoms with Gasteiger partial charge in [0.2, 0.25) is 0 Å². The maximum atomic E-state index is 12.6. The minimum atomic E-state index is -0.241. The lowest BCUT2D eigenvalue weighted by atomic mass is 9.76. The molecule has 8 nitrogen and oxygen atoms in total. The van der Waals surface area contributed by atoms with Crippen LogP contribution in [0.2, 0.25) is 0 Å². The molecular formula is C21H28N6O2. The van der Waals surface area contributed by atoms with Gasteiger partial charge in [-0.15, -0.1) is 10.2 Å². The molecule has 0 radical (unpaired) electrons. The Balaban J connectivity index is 1.56. The molecule has 29 heavy (non-hydrogen) atoms. The van der Waals surface area contributed by atoms with Gasteiger partial charge < -0.3 is 15.2 Å². The van der Waals surface area contributed by atoms with E-state index in [4.69, 9.17) is 4.98 Å². The van der Waals surface area contributed by atoms with Gasteiger partial charge in [0.1, 0.15) is 5.82 Å². The monoisotopic (exact) mass is 396 g/mol. The molecule has 3 heterocycles. The smallest absolute Gasteiger partial charge is 0.271 e. The summed E-state index contributed by atoms with van der Waals surface area (Å²) in [6.45, 7) is 7.87. The number of nitrogens with zero attached hydrogens (tertiary/aromatic N) is 4. The second kappa shape index (κ2) is 6.93. The Bertz CT molecular complexity index is 982. The Labute approximate surface area is 170 Å². The van der Waals surface area contributed by atoms with Gasteiger partial charge in [-0.05, 0) is 37.8 Å². The van der Waals surface area contributed by atoms with Crippen LogP contribution >= 0.6 is 0 Å². The molecule has 0 saturated carbocycles. The van der Waals surface area contributed by atoms with Crippen molar-refractivity contribution in [1.82, 2.24) is 25.5 Å². The van der Waals surface area contributed by atoms with Gasteiger partial charge in [-0.2, -0.15) is 0 Å². The van der Waals surface area contributed by atoms with Crippen LogP contribution in [0.25, 0.3) is 0 Å². The van der Waals surface area contributed by atoms with E-state index in [0.29, 0.717) is 5.69 Å². The molecule has 2 N–H and O–H groups in total. The number of nitrogens with one attached hydrogen (secondary N) is 2. The summed E-state index contributed by atoms with van der Waals surface area (Å²) in [6.07, 6.45) is 3.63. The van der Waals surface area contributed by atoms with Crippen molar-refractivity contribution in [3.05, 3.63) is 45.3 Å². The van der Waals surface area contributed by atoms with E-state index in [-0.39, 0.29) is 22.3 Å². The Morgan fingerprint density at radius 1 is 1.17 bits per heavy atom. The average molecular weight is 396 g/mol. The molecule has 1 aliphatic carbocycles. The van der Waals surface area contributed by atoms with E-state index in [1.807, 2.05) is 6.07 Å². The zero-order chi connectivity index (χ0) is 20.8. The maximum absolute atomic E-state index is 12.6. The van der Waals surface area contributed by atoms with Crippen LogP contribution in [0.4, 0.5) is 5.82 Å². The van der Waals surface area contributed by atoms with Crippen LogP contribution in [-0.2, 0) is 17.3 Å².